The molecule has 0 unspecified atom stereocenters. The molecule has 2 heteroatoms. The molecule has 2 aromatic carbocycles. The molecule has 3 rings (SSSR count). The Balaban J connectivity index is 2.29. The van der Waals surface area contributed by atoms with Gasteiger partial charge in [-0.3, -0.25) is 0 Å². The molecule has 1 nitrogen and oxygen atoms in total. The summed E-state index contributed by atoms with van der Waals surface area (Å²) in [7, 11) is 0. The molecule has 0 spiro atoms. The smallest absolute Gasteiger partial charge is 0.131 e. The van der Waals surface area contributed by atoms with Crippen LogP contribution in [0.15, 0.2) is 67.8 Å². The third kappa shape index (κ3) is 2.98. The van der Waals surface area contributed by atoms with Gasteiger partial charge in [-0.2, -0.15) is 0 Å². The minimum Gasteiger partial charge on any atom is -0.489 e. The number of fused-ring (bicyclic) bond motifs is 2. The SMILES string of the molecule is C=CCOC1=C(CC=C)c2ccccc2Cc2ccc(F)cc21. The lowest BCUT2D eigenvalue weighted by molar-refractivity contribution is 0.320. The van der Waals surface area contributed by atoms with Crippen molar-refractivity contribution < 1.29 is 9.13 Å². The summed E-state index contributed by atoms with van der Waals surface area (Å²) in [5, 5.41) is 0. The molecule has 0 saturated carbocycles. The Morgan fingerprint density at radius 3 is 2.57 bits per heavy atom. The molecular formula is C21H19FO. The summed E-state index contributed by atoms with van der Waals surface area (Å²) >= 11 is 0. The molecule has 0 atom stereocenters. The van der Waals surface area contributed by atoms with Crippen LogP contribution in [-0.4, -0.2) is 6.61 Å². The van der Waals surface area contributed by atoms with Gasteiger partial charge in [-0.15, -0.1) is 6.58 Å². The zero-order chi connectivity index (χ0) is 16.2. The number of allylic oxidation sites excluding steroid dienone is 2. The Bertz CT molecular complexity index is 786. The fourth-order valence-electron chi connectivity index (χ4n) is 3.03. The van der Waals surface area contributed by atoms with E-state index in [0.29, 0.717) is 13.0 Å². The lowest BCUT2D eigenvalue weighted by Crippen LogP contribution is -1.99. The first-order chi connectivity index (χ1) is 11.2. The van der Waals surface area contributed by atoms with Crippen LogP contribution in [0.2, 0.25) is 0 Å². The Labute approximate surface area is 136 Å². The van der Waals surface area contributed by atoms with E-state index in [1.807, 2.05) is 24.3 Å². The molecule has 0 bridgehead atoms. The molecule has 0 amide bonds. The van der Waals surface area contributed by atoms with E-state index in [-0.39, 0.29) is 5.82 Å². The maximum atomic E-state index is 13.8. The molecule has 0 aromatic heterocycles. The largest absolute Gasteiger partial charge is 0.489 e. The second kappa shape index (κ2) is 6.66. The molecule has 0 radical (unpaired) electrons. The lowest BCUT2D eigenvalue weighted by atomic mass is 9.96. The van der Waals surface area contributed by atoms with Gasteiger partial charge in [0.25, 0.3) is 0 Å². The van der Waals surface area contributed by atoms with Gasteiger partial charge in [0.05, 0.1) is 0 Å². The van der Waals surface area contributed by atoms with Gasteiger partial charge in [0, 0.05) is 11.1 Å². The van der Waals surface area contributed by atoms with Gasteiger partial charge < -0.3 is 4.74 Å². The predicted molar refractivity (Wildman–Crippen MR) is 93.4 cm³/mol. The molecule has 23 heavy (non-hydrogen) atoms. The first-order valence-electron chi connectivity index (χ1n) is 7.69. The van der Waals surface area contributed by atoms with Crippen molar-refractivity contribution in [3.8, 4) is 0 Å². The summed E-state index contributed by atoms with van der Waals surface area (Å²) < 4.78 is 19.8. The number of halogens is 1. The van der Waals surface area contributed by atoms with E-state index < -0.39 is 0 Å². The van der Waals surface area contributed by atoms with Gasteiger partial charge in [0.1, 0.15) is 18.2 Å². The molecule has 2 aromatic rings. The second-order valence-electron chi connectivity index (χ2n) is 5.54. The van der Waals surface area contributed by atoms with Crippen molar-refractivity contribution in [3.63, 3.8) is 0 Å². The average Bonchev–Trinajstić information content (AvgIpc) is 2.68. The van der Waals surface area contributed by atoms with Gasteiger partial charge in [-0.25, -0.2) is 4.39 Å². The van der Waals surface area contributed by atoms with Crippen molar-refractivity contribution in [1.29, 1.82) is 0 Å². The van der Waals surface area contributed by atoms with Crippen molar-refractivity contribution >= 4 is 11.3 Å². The fourth-order valence-corrected chi connectivity index (χ4v) is 3.03. The van der Waals surface area contributed by atoms with Crippen LogP contribution < -0.4 is 0 Å². The number of benzene rings is 2. The summed E-state index contributed by atoms with van der Waals surface area (Å²) in [4.78, 5) is 0. The third-order valence-electron chi connectivity index (χ3n) is 4.01. The highest BCUT2D eigenvalue weighted by molar-refractivity contribution is 5.91. The standard InChI is InChI=1S/C21H19FO/c1-3-7-19-18-9-6-5-8-15(18)13-16-10-11-17(22)14-20(16)21(19)23-12-4-2/h3-6,8-11,14H,1-2,7,12-13H2. The summed E-state index contributed by atoms with van der Waals surface area (Å²) in [5.41, 5.74) is 5.29. The minimum absolute atomic E-state index is 0.257. The van der Waals surface area contributed by atoms with E-state index in [9.17, 15) is 4.39 Å². The molecule has 0 aliphatic heterocycles. The van der Waals surface area contributed by atoms with E-state index in [0.717, 1.165) is 34.4 Å². The Morgan fingerprint density at radius 1 is 1.00 bits per heavy atom. The number of hydrogen-bond donors (Lipinski definition) is 0. The van der Waals surface area contributed by atoms with Crippen LogP contribution in [0.1, 0.15) is 28.7 Å². The maximum Gasteiger partial charge on any atom is 0.131 e. The van der Waals surface area contributed by atoms with E-state index in [1.165, 1.54) is 11.6 Å². The van der Waals surface area contributed by atoms with E-state index in [1.54, 1.807) is 12.1 Å². The van der Waals surface area contributed by atoms with Gasteiger partial charge in [-0.05, 0) is 41.7 Å². The third-order valence-corrected chi connectivity index (χ3v) is 4.01. The molecular weight excluding hydrogens is 287 g/mol. The van der Waals surface area contributed by atoms with E-state index in [4.69, 9.17) is 4.74 Å². The van der Waals surface area contributed by atoms with Crippen molar-refractivity contribution in [3.05, 3.63) is 95.8 Å². The van der Waals surface area contributed by atoms with Crippen LogP contribution in [0.25, 0.3) is 11.3 Å². The van der Waals surface area contributed by atoms with Crippen molar-refractivity contribution in [2.24, 2.45) is 0 Å². The highest BCUT2D eigenvalue weighted by Gasteiger charge is 2.22. The summed E-state index contributed by atoms with van der Waals surface area (Å²) in [5.74, 6) is 0.469. The van der Waals surface area contributed by atoms with Crippen LogP contribution >= 0.6 is 0 Å². The van der Waals surface area contributed by atoms with Crippen LogP contribution in [0.4, 0.5) is 4.39 Å². The molecule has 1 aliphatic carbocycles. The van der Waals surface area contributed by atoms with Gasteiger partial charge in [0.2, 0.25) is 0 Å². The van der Waals surface area contributed by atoms with Gasteiger partial charge in [-0.1, -0.05) is 49.1 Å². The normalized spacial score (nSPS) is 12.9. The number of rotatable bonds is 5. The first-order valence-corrected chi connectivity index (χ1v) is 7.69. The first kappa shape index (κ1) is 15.3. The van der Waals surface area contributed by atoms with Crippen LogP contribution in [-0.2, 0) is 11.2 Å². The monoisotopic (exact) mass is 306 g/mol. The number of hydrogen-bond acceptors (Lipinski definition) is 1. The topological polar surface area (TPSA) is 9.23 Å². The number of ether oxygens (including phenoxy) is 1. The molecule has 0 heterocycles. The van der Waals surface area contributed by atoms with E-state index >= 15 is 0 Å². The minimum atomic E-state index is -0.257. The van der Waals surface area contributed by atoms with Crippen LogP contribution in [0.5, 0.6) is 0 Å². The van der Waals surface area contributed by atoms with E-state index in [2.05, 4.69) is 25.3 Å². The summed E-state index contributed by atoms with van der Waals surface area (Å²) in [6, 6.07) is 13.2. The zero-order valence-electron chi connectivity index (χ0n) is 13.0. The highest BCUT2D eigenvalue weighted by Crippen LogP contribution is 2.38. The average molecular weight is 306 g/mol. The molecule has 0 saturated heterocycles. The van der Waals surface area contributed by atoms with Crippen molar-refractivity contribution in [2.45, 2.75) is 12.8 Å². The second-order valence-corrected chi connectivity index (χ2v) is 5.54. The fraction of sp³-hybridized carbons (Fsp3) is 0.143. The lowest BCUT2D eigenvalue weighted by Gasteiger charge is -2.16. The summed E-state index contributed by atoms with van der Waals surface area (Å²) in [6.45, 7) is 7.96. The molecule has 1 aliphatic rings. The van der Waals surface area contributed by atoms with Crippen LogP contribution in [0, 0.1) is 5.82 Å². The Hall–Kier alpha value is -2.61. The molecule has 0 N–H and O–H groups in total. The Kier molecular flexibility index (Phi) is 4.42. The van der Waals surface area contributed by atoms with Gasteiger partial charge >= 0.3 is 0 Å². The quantitative estimate of drug-likeness (QED) is 0.674. The summed E-state index contributed by atoms with van der Waals surface area (Å²) in [6.07, 6.45) is 4.98. The molecule has 0 fully saturated rings. The van der Waals surface area contributed by atoms with Gasteiger partial charge in [0.15, 0.2) is 0 Å². The van der Waals surface area contributed by atoms with Crippen molar-refractivity contribution in [2.75, 3.05) is 6.61 Å². The van der Waals surface area contributed by atoms with Crippen LogP contribution in [0.3, 0.4) is 0 Å². The predicted octanol–water partition coefficient (Wildman–Crippen LogP) is 5.38. The van der Waals surface area contributed by atoms with Crippen molar-refractivity contribution in [1.82, 2.24) is 0 Å². The maximum absolute atomic E-state index is 13.8. The highest BCUT2D eigenvalue weighted by atomic mass is 19.1. The Morgan fingerprint density at radius 2 is 1.78 bits per heavy atom. The zero-order valence-corrected chi connectivity index (χ0v) is 13.0. The molecule has 116 valence electrons.